The lowest BCUT2D eigenvalue weighted by Crippen LogP contribution is -2.29. The third kappa shape index (κ3) is 3.25. The average molecular weight is 439 g/mol. The number of benzene rings is 3. The molecule has 1 saturated heterocycles. The van der Waals surface area contributed by atoms with Gasteiger partial charge in [0.2, 0.25) is 0 Å². The number of aromatic nitrogens is 1. The van der Waals surface area contributed by atoms with E-state index in [4.69, 9.17) is 0 Å². The number of non-ortho nitro benzene ring substituents is 1. The summed E-state index contributed by atoms with van der Waals surface area (Å²) in [5.41, 5.74) is 1.64. The van der Waals surface area contributed by atoms with Crippen LogP contribution in [0.1, 0.15) is 17.2 Å². The lowest BCUT2D eigenvalue weighted by Gasteiger charge is -2.25. The number of hydrogen-bond acceptors (Lipinski definition) is 5. The lowest BCUT2D eigenvalue weighted by molar-refractivity contribution is -0.384. The van der Waals surface area contributed by atoms with E-state index in [0.717, 1.165) is 10.9 Å². The number of aromatic amines is 1. The molecule has 0 bridgehead atoms. The Bertz CT molecular complexity index is 1460. The van der Waals surface area contributed by atoms with E-state index in [1.165, 1.54) is 29.2 Å². The SMILES string of the molecule is O=C1C(=O)N(c2ccccc2)C(c2c[nH]c3ccccc23)/C1=C(\O)c1cccc([N+](=O)[O-])c1. The largest absolute Gasteiger partial charge is 0.507 e. The van der Waals surface area contributed by atoms with Crippen LogP contribution in [-0.4, -0.2) is 26.7 Å². The molecule has 4 aromatic rings. The number of nitrogens with zero attached hydrogens (tertiary/aromatic N) is 2. The van der Waals surface area contributed by atoms with Gasteiger partial charge in [0, 0.05) is 46.0 Å². The molecule has 1 fully saturated rings. The number of amides is 1. The standard InChI is InChI=1S/C25H17N3O5/c29-23(15-7-6-10-17(13-15)28(32)33)21-22(19-14-26-20-12-5-4-11-18(19)20)27(25(31)24(21)30)16-8-2-1-3-9-16/h1-14,22,26,29H/b23-21+. The fraction of sp³-hybridized carbons (Fsp3) is 0.0400. The molecule has 1 aliphatic rings. The smallest absolute Gasteiger partial charge is 0.300 e. The van der Waals surface area contributed by atoms with Crippen molar-refractivity contribution in [1.82, 2.24) is 4.98 Å². The van der Waals surface area contributed by atoms with Crippen molar-refractivity contribution in [2.24, 2.45) is 0 Å². The first-order valence-electron chi connectivity index (χ1n) is 10.1. The second kappa shape index (κ2) is 7.76. The van der Waals surface area contributed by atoms with Crippen LogP contribution in [0.4, 0.5) is 11.4 Å². The molecule has 1 aliphatic heterocycles. The highest BCUT2D eigenvalue weighted by molar-refractivity contribution is 6.51. The van der Waals surface area contributed by atoms with Crippen molar-refractivity contribution in [3.8, 4) is 0 Å². The van der Waals surface area contributed by atoms with E-state index in [1.807, 2.05) is 24.3 Å². The maximum atomic E-state index is 13.2. The number of aliphatic hydroxyl groups is 1. The molecule has 3 aromatic carbocycles. The molecule has 1 amide bonds. The molecule has 2 N–H and O–H groups in total. The first-order valence-corrected chi connectivity index (χ1v) is 10.1. The molecule has 8 nitrogen and oxygen atoms in total. The van der Waals surface area contributed by atoms with Gasteiger partial charge in [-0.1, -0.05) is 48.5 Å². The molecule has 8 heteroatoms. The highest BCUT2D eigenvalue weighted by atomic mass is 16.6. The molecular weight excluding hydrogens is 422 g/mol. The van der Waals surface area contributed by atoms with Gasteiger partial charge in [-0.05, 0) is 18.2 Å². The fourth-order valence-corrected chi connectivity index (χ4v) is 4.22. The van der Waals surface area contributed by atoms with E-state index < -0.39 is 28.4 Å². The number of carbonyl (C=O) groups is 2. The molecule has 33 heavy (non-hydrogen) atoms. The Kier molecular flexibility index (Phi) is 4.75. The number of carbonyl (C=O) groups excluding carboxylic acids is 2. The van der Waals surface area contributed by atoms with E-state index in [2.05, 4.69) is 4.98 Å². The summed E-state index contributed by atoms with van der Waals surface area (Å²) in [5.74, 6) is -2.12. The number of anilines is 1. The predicted octanol–water partition coefficient (Wildman–Crippen LogP) is 4.70. The Morgan fingerprint density at radius 1 is 0.970 bits per heavy atom. The van der Waals surface area contributed by atoms with Crippen LogP contribution in [0.5, 0.6) is 0 Å². The highest BCUT2D eigenvalue weighted by Crippen LogP contribution is 2.44. The van der Waals surface area contributed by atoms with Crippen LogP contribution in [0.2, 0.25) is 0 Å². The van der Waals surface area contributed by atoms with E-state index in [1.54, 1.807) is 36.5 Å². The van der Waals surface area contributed by atoms with Gasteiger partial charge >= 0.3 is 0 Å². The minimum absolute atomic E-state index is 0.0834. The minimum Gasteiger partial charge on any atom is -0.507 e. The number of nitro benzene ring substituents is 1. The van der Waals surface area contributed by atoms with Crippen molar-refractivity contribution in [3.05, 3.63) is 112 Å². The molecule has 1 aromatic heterocycles. The molecule has 0 aliphatic carbocycles. The Morgan fingerprint density at radius 2 is 1.70 bits per heavy atom. The van der Waals surface area contributed by atoms with Crippen molar-refractivity contribution in [2.75, 3.05) is 4.90 Å². The summed E-state index contributed by atoms with van der Waals surface area (Å²) in [7, 11) is 0. The van der Waals surface area contributed by atoms with Crippen molar-refractivity contribution in [3.63, 3.8) is 0 Å². The highest BCUT2D eigenvalue weighted by Gasteiger charge is 2.47. The number of hydrogen-bond donors (Lipinski definition) is 2. The summed E-state index contributed by atoms with van der Waals surface area (Å²) < 4.78 is 0. The normalized spacial score (nSPS) is 17.6. The molecule has 0 radical (unpaired) electrons. The van der Waals surface area contributed by atoms with Crippen LogP contribution in [0.3, 0.4) is 0 Å². The lowest BCUT2D eigenvalue weighted by atomic mass is 9.94. The number of H-pyrrole nitrogens is 1. The molecule has 1 unspecified atom stereocenters. The molecule has 0 spiro atoms. The third-order valence-electron chi connectivity index (χ3n) is 5.73. The molecule has 1 atom stereocenters. The Hall–Kier alpha value is -4.72. The van der Waals surface area contributed by atoms with Crippen molar-refractivity contribution in [1.29, 1.82) is 0 Å². The molecule has 162 valence electrons. The van der Waals surface area contributed by atoms with Gasteiger partial charge in [-0.3, -0.25) is 24.6 Å². The van der Waals surface area contributed by atoms with E-state index >= 15 is 0 Å². The second-order valence-corrected chi connectivity index (χ2v) is 7.60. The Labute approximate surface area is 187 Å². The summed E-state index contributed by atoms with van der Waals surface area (Å²) in [6.07, 6.45) is 1.71. The van der Waals surface area contributed by atoms with Crippen LogP contribution >= 0.6 is 0 Å². The molecule has 0 saturated carbocycles. The first-order chi connectivity index (χ1) is 16.0. The van der Waals surface area contributed by atoms with Crippen molar-refractivity contribution < 1.29 is 19.6 Å². The summed E-state index contributed by atoms with van der Waals surface area (Å²) in [6.45, 7) is 0. The van der Waals surface area contributed by atoms with Gasteiger partial charge in [0.1, 0.15) is 5.76 Å². The van der Waals surface area contributed by atoms with Gasteiger partial charge in [-0.15, -0.1) is 0 Å². The maximum absolute atomic E-state index is 13.2. The van der Waals surface area contributed by atoms with E-state index in [-0.39, 0.29) is 16.8 Å². The number of aliphatic hydroxyl groups excluding tert-OH is 1. The van der Waals surface area contributed by atoms with Crippen LogP contribution in [-0.2, 0) is 9.59 Å². The van der Waals surface area contributed by atoms with Crippen molar-refractivity contribution in [2.45, 2.75) is 6.04 Å². The molecular formula is C25H17N3O5. The minimum atomic E-state index is -0.928. The number of nitro groups is 1. The van der Waals surface area contributed by atoms with Crippen LogP contribution in [0.25, 0.3) is 16.7 Å². The maximum Gasteiger partial charge on any atom is 0.300 e. The van der Waals surface area contributed by atoms with Crippen LogP contribution < -0.4 is 4.90 Å². The molecule has 2 heterocycles. The number of rotatable bonds is 4. The van der Waals surface area contributed by atoms with Gasteiger partial charge in [-0.2, -0.15) is 0 Å². The summed E-state index contributed by atoms with van der Waals surface area (Å²) in [6, 6.07) is 20.6. The van der Waals surface area contributed by atoms with Crippen LogP contribution in [0.15, 0.2) is 90.6 Å². The van der Waals surface area contributed by atoms with Crippen molar-refractivity contribution >= 4 is 39.7 Å². The quantitative estimate of drug-likeness (QED) is 0.157. The topological polar surface area (TPSA) is 117 Å². The van der Waals surface area contributed by atoms with E-state index in [9.17, 15) is 24.8 Å². The zero-order valence-corrected chi connectivity index (χ0v) is 17.1. The number of nitrogens with one attached hydrogen (secondary N) is 1. The van der Waals surface area contributed by atoms with Gasteiger partial charge in [0.15, 0.2) is 0 Å². The third-order valence-corrected chi connectivity index (χ3v) is 5.73. The number of fused-ring (bicyclic) bond motifs is 1. The monoisotopic (exact) mass is 439 g/mol. The average Bonchev–Trinajstić information content (AvgIpc) is 3.38. The van der Waals surface area contributed by atoms with Gasteiger partial charge in [0.05, 0.1) is 16.5 Å². The zero-order chi connectivity index (χ0) is 23.1. The zero-order valence-electron chi connectivity index (χ0n) is 17.1. The van der Waals surface area contributed by atoms with Crippen LogP contribution in [0, 0.1) is 10.1 Å². The summed E-state index contributed by atoms with van der Waals surface area (Å²) in [5, 5.41) is 23.2. The molecule has 5 rings (SSSR count). The number of ketones is 1. The number of para-hydroxylation sites is 2. The van der Waals surface area contributed by atoms with E-state index in [0.29, 0.717) is 11.3 Å². The first kappa shape index (κ1) is 20.2. The Morgan fingerprint density at radius 3 is 2.45 bits per heavy atom. The number of Topliss-reactive ketones (excluding diaryl/α,β-unsaturated/α-hetero) is 1. The summed E-state index contributed by atoms with van der Waals surface area (Å²) >= 11 is 0. The summed E-state index contributed by atoms with van der Waals surface area (Å²) in [4.78, 5) is 41.5. The van der Waals surface area contributed by atoms with Gasteiger partial charge < -0.3 is 10.1 Å². The second-order valence-electron chi connectivity index (χ2n) is 7.60. The fourth-order valence-electron chi connectivity index (χ4n) is 4.22. The Balaban J connectivity index is 1.78. The predicted molar refractivity (Wildman–Crippen MR) is 123 cm³/mol. The van der Waals surface area contributed by atoms with Gasteiger partial charge in [-0.25, -0.2) is 0 Å². The van der Waals surface area contributed by atoms with Gasteiger partial charge in [0.25, 0.3) is 17.4 Å².